The van der Waals surface area contributed by atoms with Gasteiger partial charge in [-0.15, -0.1) is 11.3 Å². The Morgan fingerprint density at radius 1 is 1.43 bits per heavy atom. The lowest BCUT2D eigenvalue weighted by Crippen LogP contribution is -2.46. The van der Waals surface area contributed by atoms with E-state index in [4.69, 9.17) is 4.74 Å². The van der Waals surface area contributed by atoms with Gasteiger partial charge in [-0.05, 0) is 19.1 Å². The standard InChI is InChI=1S/C17H18N2O3S/c1-10(20)16-11(17(21)19-6-7-22-9-13(16)19)8-15-18-12-4-2-3-5-14(12)23-15/h2-5,11,13,16H,6-9H2,1H3. The van der Waals surface area contributed by atoms with Crippen LogP contribution in [0.3, 0.4) is 0 Å². The van der Waals surface area contributed by atoms with E-state index in [9.17, 15) is 9.59 Å². The normalized spacial score (nSPS) is 27.4. The predicted molar refractivity (Wildman–Crippen MR) is 87.3 cm³/mol. The maximum Gasteiger partial charge on any atom is 0.227 e. The first kappa shape index (κ1) is 14.8. The number of carbonyl (C=O) groups excluding carboxylic acids is 2. The molecule has 23 heavy (non-hydrogen) atoms. The van der Waals surface area contributed by atoms with Crippen molar-refractivity contribution in [3.05, 3.63) is 29.3 Å². The van der Waals surface area contributed by atoms with E-state index in [1.807, 2.05) is 29.2 Å². The average Bonchev–Trinajstić information content (AvgIpc) is 3.07. The molecule has 3 unspecified atom stereocenters. The number of Topliss-reactive ketones (excluding diaryl/α,β-unsaturated/α-hetero) is 1. The number of morpholine rings is 1. The van der Waals surface area contributed by atoms with Gasteiger partial charge < -0.3 is 9.64 Å². The van der Waals surface area contributed by atoms with Crippen molar-refractivity contribution in [2.45, 2.75) is 19.4 Å². The molecule has 3 atom stereocenters. The van der Waals surface area contributed by atoms with Crippen LogP contribution in [0.1, 0.15) is 11.9 Å². The van der Waals surface area contributed by atoms with E-state index in [-0.39, 0.29) is 29.6 Å². The number of fused-ring (bicyclic) bond motifs is 2. The topological polar surface area (TPSA) is 59.5 Å². The second-order valence-electron chi connectivity index (χ2n) is 6.20. The molecule has 3 heterocycles. The van der Waals surface area contributed by atoms with Crippen LogP contribution in [0, 0.1) is 11.8 Å². The smallest absolute Gasteiger partial charge is 0.227 e. The van der Waals surface area contributed by atoms with Crippen LogP contribution in [-0.4, -0.2) is 47.4 Å². The number of carbonyl (C=O) groups is 2. The molecule has 2 aliphatic rings. The van der Waals surface area contributed by atoms with Gasteiger partial charge in [0.15, 0.2) is 0 Å². The summed E-state index contributed by atoms with van der Waals surface area (Å²) < 4.78 is 6.62. The summed E-state index contributed by atoms with van der Waals surface area (Å²) in [6.07, 6.45) is 0.537. The number of aromatic nitrogens is 1. The van der Waals surface area contributed by atoms with E-state index >= 15 is 0 Å². The fourth-order valence-corrected chi connectivity index (χ4v) is 4.82. The highest BCUT2D eigenvalue weighted by molar-refractivity contribution is 7.18. The van der Waals surface area contributed by atoms with Crippen molar-refractivity contribution in [1.82, 2.24) is 9.88 Å². The Bertz CT molecular complexity index is 739. The van der Waals surface area contributed by atoms with Crippen molar-refractivity contribution in [3.63, 3.8) is 0 Å². The molecular weight excluding hydrogens is 312 g/mol. The van der Waals surface area contributed by atoms with Crippen molar-refractivity contribution in [1.29, 1.82) is 0 Å². The van der Waals surface area contributed by atoms with Gasteiger partial charge in [0, 0.05) is 13.0 Å². The quantitative estimate of drug-likeness (QED) is 0.862. The number of rotatable bonds is 3. The number of benzene rings is 1. The Labute approximate surface area is 138 Å². The third-order valence-electron chi connectivity index (χ3n) is 4.82. The SMILES string of the molecule is CC(=O)C1C(Cc2nc3ccccc3s2)C(=O)N2CCOCC12. The summed E-state index contributed by atoms with van der Waals surface area (Å²) in [4.78, 5) is 31.4. The van der Waals surface area contributed by atoms with Crippen LogP contribution in [0.4, 0.5) is 0 Å². The summed E-state index contributed by atoms with van der Waals surface area (Å²) in [5.41, 5.74) is 0.957. The molecule has 1 amide bonds. The first-order valence-corrected chi connectivity index (χ1v) is 8.70. The van der Waals surface area contributed by atoms with Crippen molar-refractivity contribution in [2.75, 3.05) is 19.8 Å². The second kappa shape index (κ2) is 5.69. The Kier molecular flexibility index (Phi) is 3.66. The molecule has 0 bridgehead atoms. The number of amides is 1. The predicted octanol–water partition coefficient (Wildman–Crippen LogP) is 1.90. The first-order valence-electron chi connectivity index (χ1n) is 7.88. The highest BCUT2D eigenvalue weighted by Gasteiger charge is 2.51. The van der Waals surface area contributed by atoms with Gasteiger partial charge in [0.1, 0.15) is 5.78 Å². The number of para-hydroxylation sites is 1. The summed E-state index contributed by atoms with van der Waals surface area (Å²) in [6, 6.07) is 7.86. The molecule has 0 spiro atoms. The minimum absolute atomic E-state index is 0.0717. The molecule has 1 aromatic carbocycles. The van der Waals surface area contributed by atoms with E-state index in [2.05, 4.69) is 4.98 Å². The second-order valence-corrected chi connectivity index (χ2v) is 7.31. The molecule has 4 rings (SSSR count). The van der Waals surface area contributed by atoms with Gasteiger partial charge in [-0.2, -0.15) is 0 Å². The lowest BCUT2D eigenvalue weighted by atomic mass is 9.85. The minimum atomic E-state index is -0.306. The molecule has 0 N–H and O–H groups in total. The third-order valence-corrected chi connectivity index (χ3v) is 5.87. The molecule has 2 saturated heterocycles. The van der Waals surface area contributed by atoms with Gasteiger partial charge in [-0.3, -0.25) is 9.59 Å². The number of thiazole rings is 1. The lowest BCUT2D eigenvalue weighted by Gasteiger charge is -2.31. The van der Waals surface area contributed by atoms with Crippen molar-refractivity contribution in [2.24, 2.45) is 11.8 Å². The van der Waals surface area contributed by atoms with Crippen LogP contribution in [-0.2, 0) is 20.7 Å². The van der Waals surface area contributed by atoms with E-state index in [1.54, 1.807) is 18.3 Å². The molecule has 2 fully saturated rings. The van der Waals surface area contributed by atoms with E-state index in [1.165, 1.54) is 0 Å². The number of hydrogen-bond donors (Lipinski definition) is 0. The third kappa shape index (κ3) is 2.46. The lowest BCUT2D eigenvalue weighted by molar-refractivity contribution is -0.135. The Morgan fingerprint density at radius 3 is 3.04 bits per heavy atom. The maximum atomic E-state index is 12.8. The number of nitrogens with zero attached hydrogens (tertiary/aromatic N) is 2. The zero-order valence-corrected chi connectivity index (χ0v) is 13.7. The number of ketones is 1. The van der Waals surface area contributed by atoms with E-state index < -0.39 is 0 Å². The molecule has 120 valence electrons. The monoisotopic (exact) mass is 330 g/mol. The largest absolute Gasteiger partial charge is 0.377 e. The number of hydrogen-bond acceptors (Lipinski definition) is 5. The molecular formula is C17H18N2O3S. The fraction of sp³-hybridized carbons (Fsp3) is 0.471. The Hall–Kier alpha value is -1.79. The molecule has 0 saturated carbocycles. The summed E-state index contributed by atoms with van der Waals surface area (Å²) in [7, 11) is 0. The highest BCUT2D eigenvalue weighted by Crippen LogP contribution is 2.37. The van der Waals surface area contributed by atoms with Crippen molar-refractivity contribution in [3.8, 4) is 0 Å². The van der Waals surface area contributed by atoms with Gasteiger partial charge in [0.25, 0.3) is 0 Å². The van der Waals surface area contributed by atoms with Crippen LogP contribution >= 0.6 is 11.3 Å². The van der Waals surface area contributed by atoms with Gasteiger partial charge in [-0.25, -0.2) is 4.98 Å². The summed E-state index contributed by atoms with van der Waals surface area (Å²) >= 11 is 1.61. The Balaban J connectivity index is 1.65. The van der Waals surface area contributed by atoms with Crippen LogP contribution in [0.15, 0.2) is 24.3 Å². The minimum Gasteiger partial charge on any atom is -0.377 e. The number of ether oxygens (including phenoxy) is 1. The Morgan fingerprint density at radius 2 is 2.26 bits per heavy atom. The average molecular weight is 330 g/mol. The molecule has 0 radical (unpaired) electrons. The maximum absolute atomic E-state index is 12.8. The summed E-state index contributed by atoms with van der Waals surface area (Å²) in [5.74, 6) is -0.435. The van der Waals surface area contributed by atoms with Crippen LogP contribution < -0.4 is 0 Å². The van der Waals surface area contributed by atoms with Gasteiger partial charge in [-0.1, -0.05) is 12.1 Å². The molecule has 2 aromatic rings. The summed E-state index contributed by atoms with van der Waals surface area (Å²) in [5, 5.41) is 0.927. The van der Waals surface area contributed by atoms with Crippen LogP contribution in [0.25, 0.3) is 10.2 Å². The van der Waals surface area contributed by atoms with Gasteiger partial charge in [0.05, 0.1) is 46.3 Å². The fourth-order valence-electron chi connectivity index (χ4n) is 3.79. The zero-order chi connectivity index (χ0) is 16.0. The van der Waals surface area contributed by atoms with E-state index in [0.717, 1.165) is 15.2 Å². The van der Waals surface area contributed by atoms with E-state index in [0.29, 0.717) is 26.2 Å². The zero-order valence-electron chi connectivity index (χ0n) is 12.9. The highest BCUT2D eigenvalue weighted by atomic mass is 32.1. The molecule has 1 aromatic heterocycles. The van der Waals surface area contributed by atoms with Crippen molar-refractivity contribution >= 4 is 33.2 Å². The van der Waals surface area contributed by atoms with Crippen molar-refractivity contribution < 1.29 is 14.3 Å². The molecule has 6 heteroatoms. The van der Waals surface area contributed by atoms with Crippen LogP contribution in [0.5, 0.6) is 0 Å². The first-order chi connectivity index (χ1) is 11.1. The van der Waals surface area contributed by atoms with Crippen LogP contribution in [0.2, 0.25) is 0 Å². The van der Waals surface area contributed by atoms with Gasteiger partial charge >= 0.3 is 0 Å². The molecule has 5 nitrogen and oxygen atoms in total. The summed E-state index contributed by atoms with van der Waals surface area (Å²) in [6.45, 7) is 3.19. The van der Waals surface area contributed by atoms with Gasteiger partial charge in [0.2, 0.25) is 5.91 Å². The molecule has 2 aliphatic heterocycles. The molecule has 0 aliphatic carbocycles.